The van der Waals surface area contributed by atoms with Crippen LogP contribution in [0.15, 0.2) is 36.4 Å². The van der Waals surface area contributed by atoms with Crippen molar-refractivity contribution in [1.29, 1.82) is 0 Å². The van der Waals surface area contributed by atoms with Gasteiger partial charge >= 0.3 is 0 Å². The van der Waals surface area contributed by atoms with Crippen LogP contribution < -0.4 is 16.0 Å². The number of imidazole rings is 1. The zero-order chi connectivity index (χ0) is 24.6. The molecule has 1 atom stereocenters. The van der Waals surface area contributed by atoms with E-state index < -0.39 is 18.2 Å². The molecule has 2 amide bonds. The van der Waals surface area contributed by atoms with Crippen LogP contribution in [0.1, 0.15) is 28.2 Å². The van der Waals surface area contributed by atoms with Crippen LogP contribution in [0.3, 0.4) is 0 Å². The van der Waals surface area contributed by atoms with Crippen LogP contribution in [0.5, 0.6) is 0 Å². The Kier molecular flexibility index (Phi) is 6.65. The standard InChI is InChI=1S/C22H23Cl2N7O3/c1-29-18-19(28-21(29)27-17-5-3-4-13(26-17)7-9-16(25)32)30(2)22(34)31(20(18)33)11-12-6-8-14(23)15(24)10-12/h3-6,8,10,22,34H,7,9,11H2,1-2H3,(H2,25,32)(H,26,27,28). The molecule has 3 aromatic rings. The summed E-state index contributed by atoms with van der Waals surface area (Å²) in [6.07, 6.45) is -0.620. The van der Waals surface area contributed by atoms with Gasteiger partial charge in [0.1, 0.15) is 5.82 Å². The molecule has 34 heavy (non-hydrogen) atoms. The molecule has 1 aliphatic heterocycles. The summed E-state index contributed by atoms with van der Waals surface area (Å²) >= 11 is 12.1. The maximum Gasteiger partial charge on any atom is 0.278 e. The van der Waals surface area contributed by atoms with Gasteiger partial charge in [-0.2, -0.15) is 4.98 Å². The number of pyridine rings is 1. The van der Waals surface area contributed by atoms with E-state index in [0.29, 0.717) is 45.4 Å². The fraction of sp³-hybridized carbons (Fsp3) is 0.273. The van der Waals surface area contributed by atoms with Gasteiger partial charge in [0.05, 0.1) is 16.6 Å². The van der Waals surface area contributed by atoms with Crippen LogP contribution in [-0.2, 0) is 24.8 Å². The van der Waals surface area contributed by atoms with E-state index in [1.165, 1.54) is 9.80 Å². The monoisotopic (exact) mass is 503 g/mol. The Balaban J connectivity index is 1.60. The first kappa shape index (κ1) is 23.8. The summed E-state index contributed by atoms with van der Waals surface area (Å²) < 4.78 is 1.61. The summed E-state index contributed by atoms with van der Waals surface area (Å²) in [6.45, 7) is 0.123. The number of carbonyl (C=O) groups excluding carboxylic acids is 2. The van der Waals surface area contributed by atoms with Crippen LogP contribution in [-0.4, -0.2) is 49.8 Å². The first-order chi connectivity index (χ1) is 16.2. The van der Waals surface area contributed by atoms with Gasteiger partial charge < -0.3 is 25.6 Å². The Morgan fingerprint density at radius 3 is 2.65 bits per heavy atom. The number of nitrogens with one attached hydrogen (secondary N) is 1. The van der Waals surface area contributed by atoms with E-state index in [1.807, 2.05) is 0 Å². The molecule has 4 N–H and O–H groups in total. The van der Waals surface area contributed by atoms with Crippen molar-refractivity contribution in [3.63, 3.8) is 0 Å². The molecule has 4 rings (SSSR count). The smallest absolute Gasteiger partial charge is 0.278 e. The summed E-state index contributed by atoms with van der Waals surface area (Å²) in [4.78, 5) is 36.2. The summed E-state index contributed by atoms with van der Waals surface area (Å²) in [7, 11) is 3.35. The molecule has 1 aromatic carbocycles. The lowest BCUT2D eigenvalue weighted by atomic mass is 10.2. The van der Waals surface area contributed by atoms with E-state index in [1.54, 1.807) is 55.1 Å². The number of aryl methyl sites for hydroxylation is 1. The Morgan fingerprint density at radius 2 is 1.94 bits per heavy atom. The molecular weight excluding hydrogens is 481 g/mol. The highest BCUT2D eigenvalue weighted by Crippen LogP contribution is 2.33. The number of anilines is 3. The number of halogens is 2. The number of amides is 2. The van der Waals surface area contributed by atoms with Crippen molar-refractivity contribution in [2.24, 2.45) is 12.8 Å². The van der Waals surface area contributed by atoms with E-state index in [4.69, 9.17) is 28.9 Å². The van der Waals surface area contributed by atoms with E-state index in [0.717, 1.165) is 5.56 Å². The molecule has 0 fully saturated rings. The fourth-order valence-corrected chi connectivity index (χ4v) is 4.00. The molecule has 0 aliphatic carbocycles. The third-order valence-electron chi connectivity index (χ3n) is 5.51. The second kappa shape index (κ2) is 9.49. The van der Waals surface area contributed by atoms with Gasteiger partial charge in [0.15, 0.2) is 11.5 Å². The maximum atomic E-state index is 13.4. The molecule has 0 radical (unpaired) electrons. The van der Waals surface area contributed by atoms with Gasteiger partial charge in [-0.05, 0) is 36.2 Å². The second-order valence-corrected chi connectivity index (χ2v) is 8.73. The van der Waals surface area contributed by atoms with Gasteiger partial charge in [0, 0.05) is 26.2 Å². The number of primary amides is 1. The molecule has 12 heteroatoms. The van der Waals surface area contributed by atoms with Gasteiger partial charge in [-0.3, -0.25) is 14.5 Å². The summed E-state index contributed by atoms with van der Waals surface area (Å²) in [6, 6.07) is 10.4. The van der Waals surface area contributed by atoms with Crippen LogP contribution in [0, 0.1) is 0 Å². The lowest BCUT2D eigenvalue weighted by Gasteiger charge is -2.38. The molecule has 0 saturated carbocycles. The van der Waals surface area contributed by atoms with Gasteiger partial charge in [-0.1, -0.05) is 35.3 Å². The summed E-state index contributed by atoms with van der Waals surface area (Å²) in [5.74, 6) is 0.405. The largest absolute Gasteiger partial charge is 0.370 e. The van der Waals surface area contributed by atoms with E-state index >= 15 is 0 Å². The molecule has 1 unspecified atom stereocenters. The number of nitrogens with two attached hydrogens (primary N) is 1. The van der Waals surface area contributed by atoms with Gasteiger partial charge in [0.25, 0.3) is 5.91 Å². The molecule has 0 bridgehead atoms. The average Bonchev–Trinajstić information content (AvgIpc) is 3.12. The fourth-order valence-electron chi connectivity index (χ4n) is 3.68. The number of aliphatic hydroxyl groups is 1. The quantitative estimate of drug-likeness (QED) is 0.451. The Labute approximate surface area is 205 Å². The number of fused-ring (bicyclic) bond motifs is 1. The molecule has 0 spiro atoms. The number of hydrogen-bond donors (Lipinski definition) is 3. The number of aromatic nitrogens is 3. The van der Waals surface area contributed by atoms with Crippen molar-refractivity contribution in [2.45, 2.75) is 25.7 Å². The molecule has 3 heterocycles. The normalized spacial score (nSPS) is 15.4. The maximum absolute atomic E-state index is 13.4. The zero-order valence-electron chi connectivity index (χ0n) is 18.5. The number of aliphatic hydroxyl groups excluding tert-OH is 1. The van der Waals surface area contributed by atoms with Crippen molar-refractivity contribution in [2.75, 3.05) is 17.3 Å². The van der Waals surface area contributed by atoms with Crippen LogP contribution >= 0.6 is 23.2 Å². The minimum Gasteiger partial charge on any atom is -0.370 e. The van der Waals surface area contributed by atoms with Crippen LogP contribution in [0.2, 0.25) is 10.0 Å². The average molecular weight is 504 g/mol. The number of rotatable bonds is 7. The number of carbonyl (C=O) groups is 2. The highest BCUT2D eigenvalue weighted by atomic mass is 35.5. The van der Waals surface area contributed by atoms with Crippen LogP contribution in [0.25, 0.3) is 0 Å². The van der Waals surface area contributed by atoms with Gasteiger partial charge in [-0.15, -0.1) is 0 Å². The summed E-state index contributed by atoms with van der Waals surface area (Å²) in [5.41, 5.74) is 6.94. The minimum absolute atomic E-state index is 0.123. The molecule has 1 aliphatic rings. The third kappa shape index (κ3) is 4.65. The van der Waals surface area contributed by atoms with Crippen molar-refractivity contribution in [1.82, 2.24) is 19.4 Å². The molecule has 2 aromatic heterocycles. The zero-order valence-corrected chi connectivity index (χ0v) is 20.0. The van der Waals surface area contributed by atoms with Gasteiger partial charge in [0.2, 0.25) is 18.2 Å². The number of benzene rings is 1. The van der Waals surface area contributed by atoms with E-state index in [2.05, 4.69) is 15.3 Å². The summed E-state index contributed by atoms with van der Waals surface area (Å²) in [5, 5.41) is 14.7. The number of hydrogen-bond acceptors (Lipinski definition) is 7. The highest BCUT2D eigenvalue weighted by molar-refractivity contribution is 6.42. The molecule has 0 saturated heterocycles. The lowest BCUT2D eigenvalue weighted by Crippen LogP contribution is -2.53. The topological polar surface area (TPSA) is 130 Å². The Hall–Kier alpha value is -3.34. The van der Waals surface area contributed by atoms with Crippen molar-refractivity contribution in [3.05, 3.63) is 63.4 Å². The predicted molar refractivity (Wildman–Crippen MR) is 129 cm³/mol. The predicted octanol–water partition coefficient (Wildman–Crippen LogP) is 2.65. The van der Waals surface area contributed by atoms with E-state index in [9.17, 15) is 14.7 Å². The first-order valence-electron chi connectivity index (χ1n) is 10.4. The van der Waals surface area contributed by atoms with Gasteiger partial charge in [-0.25, -0.2) is 4.98 Å². The molecule has 10 nitrogen and oxygen atoms in total. The second-order valence-electron chi connectivity index (χ2n) is 7.91. The van der Waals surface area contributed by atoms with Crippen molar-refractivity contribution in [3.8, 4) is 0 Å². The molecule has 178 valence electrons. The minimum atomic E-state index is -1.23. The highest BCUT2D eigenvalue weighted by Gasteiger charge is 2.39. The molecular formula is C22H23Cl2N7O3. The van der Waals surface area contributed by atoms with Crippen molar-refractivity contribution >= 4 is 52.6 Å². The third-order valence-corrected chi connectivity index (χ3v) is 6.25. The van der Waals surface area contributed by atoms with E-state index in [-0.39, 0.29) is 13.0 Å². The van der Waals surface area contributed by atoms with Crippen molar-refractivity contribution < 1.29 is 14.7 Å². The number of nitrogens with zero attached hydrogens (tertiary/aromatic N) is 5. The SMILES string of the molecule is CN1c2nc(Nc3cccc(CCC(N)=O)n3)n(C)c2C(=O)N(Cc2ccc(Cl)c(Cl)c2)C1O. The first-order valence-corrected chi connectivity index (χ1v) is 11.1. The Bertz CT molecular complexity index is 1260. The lowest BCUT2D eigenvalue weighted by molar-refractivity contribution is -0.118. The Morgan fingerprint density at radius 1 is 1.18 bits per heavy atom. The van der Waals surface area contributed by atoms with Crippen LogP contribution in [0.4, 0.5) is 17.6 Å².